The minimum absolute atomic E-state index is 0.0372. The number of esters is 1. The molecule has 1 aliphatic rings. The standard InChI is InChI=1S/C19H20FN3O4/c1-2-27-19(26)16-5-3-4-12-22(16)18(25)15-10-11-17(24)23(21-15)14-8-6-13(20)7-9-14/h6-11,16H,2-5,12H2,1H3. The highest BCUT2D eigenvalue weighted by Gasteiger charge is 2.34. The van der Waals surface area contributed by atoms with Crippen molar-refractivity contribution in [3.05, 3.63) is 58.3 Å². The minimum Gasteiger partial charge on any atom is -0.464 e. The summed E-state index contributed by atoms with van der Waals surface area (Å²) in [6.07, 6.45) is 2.14. The molecule has 0 N–H and O–H groups in total. The van der Waals surface area contributed by atoms with Crippen molar-refractivity contribution >= 4 is 11.9 Å². The molecule has 1 aromatic heterocycles. The second-order valence-electron chi connectivity index (χ2n) is 6.21. The van der Waals surface area contributed by atoms with Gasteiger partial charge in [0.1, 0.15) is 17.6 Å². The Morgan fingerprint density at radius 1 is 1.19 bits per heavy atom. The maximum absolute atomic E-state index is 13.1. The fourth-order valence-corrected chi connectivity index (χ4v) is 3.10. The molecule has 1 unspecified atom stereocenters. The molecular formula is C19H20FN3O4. The van der Waals surface area contributed by atoms with Crippen LogP contribution in [0.15, 0.2) is 41.2 Å². The van der Waals surface area contributed by atoms with Gasteiger partial charge in [0.2, 0.25) is 0 Å². The van der Waals surface area contributed by atoms with Gasteiger partial charge in [0.05, 0.1) is 12.3 Å². The summed E-state index contributed by atoms with van der Waals surface area (Å²) < 4.78 is 19.2. The van der Waals surface area contributed by atoms with Crippen LogP contribution in [0.1, 0.15) is 36.7 Å². The summed E-state index contributed by atoms with van der Waals surface area (Å²) in [7, 11) is 0. The van der Waals surface area contributed by atoms with Gasteiger partial charge in [-0.05, 0) is 56.5 Å². The van der Waals surface area contributed by atoms with E-state index in [-0.39, 0.29) is 12.3 Å². The molecule has 0 saturated carbocycles. The third-order valence-corrected chi connectivity index (χ3v) is 4.41. The first-order valence-electron chi connectivity index (χ1n) is 8.85. The van der Waals surface area contributed by atoms with Gasteiger partial charge in [-0.2, -0.15) is 9.78 Å². The zero-order valence-corrected chi connectivity index (χ0v) is 14.9. The molecule has 1 fully saturated rings. The average molecular weight is 373 g/mol. The number of hydrogen-bond donors (Lipinski definition) is 0. The smallest absolute Gasteiger partial charge is 0.328 e. The quantitative estimate of drug-likeness (QED) is 0.765. The third-order valence-electron chi connectivity index (χ3n) is 4.41. The Labute approximate surface area is 155 Å². The molecule has 3 rings (SSSR count). The van der Waals surface area contributed by atoms with Crippen molar-refractivity contribution in [3.63, 3.8) is 0 Å². The van der Waals surface area contributed by atoms with Gasteiger partial charge in [0.25, 0.3) is 11.5 Å². The largest absolute Gasteiger partial charge is 0.464 e. The molecule has 27 heavy (non-hydrogen) atoms. The van der Waals surface area contributed by atoms with Gasteiger partial charge in [-0.1, -0.05) is 0 Å². The number of hydrogen-bond acceptors (Lipinski definition) is 5. The van der Waals surface area contributed by atoms with E-state index >= 15 is 0 Å². The molecule has 7 nitrogen and oxygen atoms in total. The maximum atomic E-state index is 13.1. The van der Waals surface area contributed by atoms with Crippen molar-refractivity contribution in [2.45, 2.75) is 32.2 Å². The second-order valence-corrected chi connectivity index (χ2v) is 6.21. The van der Waals surface area contributed by atoms with E-state index in [1.165, 1.54) is 41.3 Å². The lowest BCUT2D eigenvalue weighted by Crippen LogP contribution is -2.49. The molecular weight excluding hydrogens is 353 g/mol. The lowest BCUT2D eigenvalue weighted by molar-refractivity contribution is -0.149. The van der Waals surface area contributed by atoms with Gasteiger partial charge < -0.3 is 9.64 Å². The number of aromatic nitrogens is 2. The minimum atomic E-state index is -0.654. The first kappa shape index (κ1) is 18.8. The molecule has 0 spiro atoms. The number of carbonyl (C=O) groups is 2. The highest BCUT2D eigenvalue weighted by molar-refractivity contribution is 5.95. The van der Waals surface area contributed by atoms with Crippen LogP contribution in [0, 0.1) is 5.82 Å². The summed E-state index contributed by atoms with van der Waals surface area (Å²) >= 11 is 0. The average Bonchev–Trinajstić information content (AvgIpc) is 2.69. The molecule has 8 heteroatoms. The van der Waals surface area contributed by atoms with Gasteiger partial charge in [0.15, 0.2) is 0 Å². The number of nitrogens with zero attached hydrogens (tertiary/aromatic N) is 3. The van der Waals surface area contributed by atoms with Crippen molar-refractivity contribution in [2.75, 3.05) is 13.2 Å². The Hall–Kier alpha value is -3.03. The van der Waals surface area contributed by atoms with Crippen LogP contribution in [0.25, 0.3) is 5.69 Å². The van der Waals surface area contributed by atoms with Gasteiger partial charge in [-0.3, -0.25) is 9.59 Å². The fraction of sp³-hybridized carbons (Fsp3) is 0.368. The number of amides is 1. The van der Waals surface area contributed by atoms with Crippen LogP contribution in [0.3, 0.4) is 0 Å². The van der Waals surface area contributed by atoms with E-state index in [0.717, 1.165) is 17.5 Å². The summed E-state index contributed by atoms with van der Waals surface area (Å²) in [5, 5.41) is 4.13. The lowest BCUT2D eigenvalue weighted by Gasteiger charge is -2.33. The predicted octanol–water partition coefficient (Wildman–Crippen LogP) is 1.93. The number of piperidine rings is 1. The molecule has 0 aliphatic carbocycles. The fourth-order valence-electron chi connectivity index (χ4n) is 3.10. The number of likely N-dealkylation sites (tertiary alicyclic amines) is 1. The van der Waals surface area contributed by atoms with Crippen LogP contribution in [0.5, 0.6) is 0 Å². The zero-order chi connectivity index (χ0) is 19.4. The number of halogens is 1. The van der Waals surface area contributed by atoms with Crippen molar-refractivity contribution < 1.29 is 18.7 Å². The van der Waals surface area contributed by atoms with Crippen LogP contribution in [0.2, 0.25) is 0 Å². The van der Waals surface area contributed by atoms with Crippen molar-refractivity contribution in [1.82, 2.24) is 14.7 Å². The Morgan fingerprint density at radius 3 is 2.63 bits per heavy atom. The monoisotopic (exact) mass is 373 g/mol. The molecule has 1 aromatic carbocycles. The number of benzene rings is 1. The van der Waals surface area contributed by atoms with E-state index < -0.39 is 29.3 Å². The van der Waals surface area contributed by atoms with Crippen LogP contribution in [0.4, 0.5) is 4.39 Å². The van der Waals surface area contributed by atoms with E-state index in [1.807, 2.05) is 0 Å². The summed E-state index contributed by atoms with van der Waals surface area (Å²) in [4.78, 5) is 38.7. The first-order valence-corrected chi connectivity index (χ1v) is 8.85. The molecule has 0 bridgehead atoms. The lowest BCUT2D eigenvalue weighted by atomic mass is 10.0. The van der Waals surface area contributed by atoms with E-state index in [0.29, 0.717) is 18.7 Å². The SMILES string of the molecule is CCOC(=O)C1CCCCN1C(=O)c1ccc(=O)n(-c2ccc(F)cc2)n1. The maximum Gasteiger partial charge on any atom is 0.328 e. The van der Waals surface area contributed by atoms with Gasteiger partial charge >= 0.3 is 5.97 Å². The second kappa shape index (κ2) is 8.11. The topological polar surface area (TPSA) is 81.5 Å². The van der Waals surface area contributed by atoms with Crippen molar-refractivity contribution in [2.24, 2.45) is 0 Å². The zero-order valence-electron chi connectivity index (χ0n) is 14.9. The van der Waals surface area contributed by atoms with E-state index in [1.54, 1.807) is 6.92 Å². The predicted molar refractivity (Wildman–Crippen MR) is 95.1 cm³/mol. The molecule has 142 valence electrons. The molecule has 1 saturated heterocycles. The molecule has 0 radical (unpaired) electrons. The summed E-state index contributed by atoms with van der Waals surface area (Å²) in [5.41, 5.74) is -0.0643. The Balaban J connectivity index is 1.92. The van der Waals surface area contributed by atoms with Crippen LogP contribution in [-0.4, -0.2) is 45.8 Å². The van der Waals surface area contributed by atoms with E-state index in [4.69, 9.17) is 4.74 Å². The number of carbonyl (C=O) groups excluding carboxylic acids is 2. The molecule has 1 atom stereocenters. The van der Waals surface area contributed by atoms with Gasteiger partial charge in [-0.25, -0.2) is 9.18 Å². The number of rotatable bonds is 4. The van der Waals surface area contributed by atoms with Crippen LogP contribution in [-0.2, 0) is 9.53 Å². The summed E-state index contributed by atoms with van der Waals surface area (Å²) in [5.74, 6) is -1.31. The normalized spacial score (nSPS) is 16.8. The Kier molecular flexibility index (Phi) is 5.63. The van der Waals surface area contributed by atoms with E-state index in [9.17, 15) is 18.8 Å². The summed E-state index contributed by atoms with van der Waals surface area (Å²) in [6.45, 7) is 2.37. The van der Waals surface area contributed by atoms with Gasteiger partial charge in [0, 0.05) is 12.6 Å². The number of ether oxygens (including phenoxy) is 1. The highest BCUT2D eigenvalue weighted by atomic mass is 19.1. The van der Waals surface area contributed by atoms with Crippen LogP contribution >= 0.6 is 0 Å². The van der Waals surface area contributed by atoms with Crippen molar-refractivity contribution in [1.29, 1.82) is 0 Å². The summed E-state index contributed by atoms with van der Waals surface area (Å²) in [6, 6.07) is 7.13. The first-order chi connectivity index (χ1) is 13.0. The van der Waals surface area contributed by atoms with Gasteiger partial charge in [-0.15, -0.1) is 0 Å². The van der Waals surface area contributed by atoms with Crippen molar-refractivity contribution in [3.8, 4) is 5.69 Å². The molecule has 2 heterocycles. The van der Waals surface area contributed by atoms with Crippen LogP contribution < -0.4 is 5.56 Å². The molecule has 1 aliphatic heterocycles. The molecule has 1 amide bonds. The Morgan fingerprint density at radius 2 is 1.93 bits per heavy atom. The molecule has 2 aromatic rings. The third kappa shape index (κ3) is 4.05. The van der Waals surface area contributed by atoms with E-state index in [2.05, 4.69) is 5.10 Å². The Bertz CT molecular complexity index is 895. The highest BCUT2D eigenvalue weighted by Crippen LogP contribution is 2.20.